The minimum absolute atomic E-state index is 0.0557. The Morgan fingerprint density at radius 1 is 1.52 bits per heavy atom. The van der Waals surface area contributed by atoms with Gasteiger partial charge < -0.3 is 15.2 Å². The average molecular weight is 295 g/mol. The number of rotatable bonds is 3. The van der Waals surface area contributed by atoms with Gasteiger partial charge in [-0.25, -0.2) is 9.59 Å². The molecule has 0 fully saturated rings. The quantitative estimate of drug-likeness (QED) is 0.889. The number of nitrogens with zero attached hydrogens (tertiary/aromatic N) is 2. The molecule has 1 aliphatic heterocycles. The third-order valence-corrected chi connectivity index (χ3v) is 3.31. The number of ether oxygens (including phenoxy) is 1. The van der Waals surface area contributed by atoms with Crippen molar-refractivity contribution in [2.45, 2.75) is 51.7 Å². The minimum atomic E-state index is -0.986. The van der Waals surface area contributed by atoms with Gasteiger partial charge in [-0.3, -0.25) is 4.68 Å². The van der Waals surface area contributed by atoms with Crippen LogP contribution in [-0.2, 0) is 11.3 Å². The van der Waals surface area contributed by atoms with Gasteiger partial charge in [-0.15, -0.1) is 0 Å². The zero-order chi connectivity index (χ0) is 15.6. The highest BCUT2D eigenvalue weighted by Gasteiger charge is 2.28. The fourth-order valence-electron chi connectivity index (χ4n) is 2.51. The average Bonchev–Trinajstić information content (AvgIpc) is 2.78. The Morgan fingerprint density at radius 2 is 2.24 bits per heavy atom. The van der Waals surface area contributed by atoms with E-state index in [1.807, 2.05) is 0 Å². The van der Waals surface area contributed by atoms with E-state index in [0.29, 0.717) is 18.8 Å². The number of hydrogen-bond acceptors (Lipinski definition) is 4. The van der Waals surface area contributed by atoms with Gasteiger partial charge in [0.05, 0.1) is 11.9 Å². The summed E-state index contributed by atoms with van der Waals surface area (Å²) in [6, 6.07) is 0. The van der Waals surface area contributed by atoms with Crippen LogP contribution >= 0.6 is 0 Å². The Hall–Kier alpha value is -2.05. The Kier molecular flexibility index (Phi) is 4.20. The Labute approximate surface area is 123 Å². The molecule has 0 aliphatic carbocycles. The Balaban J connectivity index is 2.05. The molecule has 0 saturated carbocycles. The second kappa shape index (κ2) is 5.75. The van der Waals surface area contributed by atoms with Crippen molar-refractivity contribution >= 4 is 12.1 Å². The molecule has 2 N–H and O–H groups in total. The summed E-state index contributed by atoms with van der Waals surface area (Å²) in [5, 5.41) is 16.0. The number of hydrogen-bond donors (Lipinski definition) is 2. The number of carboxylic acids is 1. The fraction of sp³-hybridized carbons (Fsp3) is 0.643. The molecule has 1 aliphatic rings. The van der Waals surface area contributed by atoms with Gasteiger partial charge in [0.15, 0.2) is 0 Å². The second-order valence-corrected chi connectivity index (χ2v) is 6.19. The van der Waals surface area contributed by atoms with Crippen molar-refractivity contribution in [3.63, 3.8) is 0 Å². The number of carbonyl (C=O) groups excluding carboxylic acids is 1. The van der Waals surface area contributed by atoms with Gasteiger partial charge in [0.1, 0.15) is 11.2 Å². The summed E-state index contributed by atoms with van der Waals surface area (Å²) in [6.45, 7) is 6.45. The SMILES string of the molecule is CC(C)(C)OC(=O)NCC1CCCn2ncc(C(=O)O)c21. The van der Waals surface area contributed by atoms with E-state index in [0.717, 1.165) is 12.8 Å². The van der Waals surface area contributed by atoms with Gasteiger partial charge in [0.25, 0.3) is 0 Å². The van der Waals surface area contributed by atoms with Crippen LogP contribution in [0.4, 0.5) is 4.79 Å². The van der Waals surface area contributed by atoms with Crippen molar-refractivity contribution in [3.8, 4) is 0 Å². The largest absolute Gasteiger partial charge is 0.478 e. The molecule has 0 spiro atoms. The molecule has 7 heteroatoms. The van der Waals surface area contributed by atoms with Crippen molar-refractivity contribution in [1.82, 2.24) is 15.1 Å². The lowest BCUT2D eigenvalue weighted by molar-refractivity contribution is 0.0522. The molecule has 21 heavy (non-hydrogen) atoms. The van der Waals surface area contributed by atoms with Crippen molar-refractivity contribution < 1.29 is 19.4 Å². The van der Waals surface area contributed by atoms with E-state index < -0.39 is 17.7 Å². The molecule has 1 aromatic rings. The van der Waals surface area contributed by atoms with E-state index in [4.69, 9.17) is 4.74 Å². The van der Waals surface area contributed by atoms with Crippen LogP contribution in [0.2, 0.25) is 0 Å². The number of fused-ring (bicyclic) bond motifs is 1. The molecular weight excluding hydrogens is 274 g/mol. The molecule has 1 unspecified atom stereocenters. The Bertz CT molecular complexity index is 545. The molecule has 2 heterocycles. The zero-order valence-corrected chi connectivity index (χ0v) is 12.5. The summed E-state index contributed by atoms with van der Waals surface area (Å²) in [7, 11) is 0. The van der Waals surface area contributed by atoms with E-state index in [1.54, 1.807) is 25.5 Å². The van der Waals surface area contributed by atoms with Crippen LogP contribution in [0.5, 0.6) is 0 Å². The van der Waals surface area contributed by atoms with Crippen LogP contribution in [0.3, 0.4) is 0 Å². The first-order chi connectivity index (χ1) is 9.78. The van der Waals surface area contributed by atoms with E-state index in [9.17, 15) is 14.7 Å². The molecule has 1 amide bonds. The standard InChI is InChI=1S/C14H21N3O4/c1-14(2,3)21-13(20)15-7-9-5-4-6-17-11(9)10(8-16-17)12(18)19/h8-9H,4-7H2,1-3H3,(H,15,20)(H,18,19). The smallest absolute Gasteiger partial charge is 0.407 e. The summed E-state index contributed by atoms with van der Waals surface area (Å²) < 4.78 is 6.90. The van der Waals surface area contributed by atoms with Crippen molar-refractivity contribution in [2.75, 3.05) is 6.54 Å². The van der Waals surface area contributed by atoms with Crippen LogP contribution in [0.15, 0.2) is 6.20 Å². The molecule has 1 atom stereocenters. The summed E-state index contributed by atoms with van der Waals surface area (Å²) in [5.74, 6) is -1.04. The highest BCUT2D eigenvalue weighted by molar-refractivity contribution is 5.89. The van der Waals surface area contributed by atoms with E-state index in [2.05, 4.69) is 10.4 Å². The first kappa shape index (κ1) is 15.3. The Morgan fingerprint density at radius 3 is 2.86 bits per heavy atom. The molecule has 0 radical (unpaired) electrons. The van der Waals surface area contributed by atoms with Crippen LogP contribution in [0, 0.1) is 0 Å². The van der Waals surface area contributed by atoms with E-state index in [1.165, 1.54) is 6.20 Å². The van der Waals surface area contributed by atoms with Gasteiger partial charge in [-0.05, 0) is 33.6 Å². The van der Waals surface area contributed by atoms with Crippen molar-refractivity contribution in [3.05, 3.63) is 17.5 Å². The highest BCUT2D eigenvalue weighted by Crippen LogP contribution is 2.29. The van der Waals surface area contributed by atoms with Crippen molar-refractivity contribution in [2.24, 2.45) is 0 Å². The number of amides is 1. The van der Waals surface area contributed by atoms with Crippen LogP contribution < -0.4 is 5.32 Å². The number of carbonyl (C=O) groups is 2. The normalized spacial score (nSPS) is 18.0. The number of nitrogens with one attached hydrogen (secondary N) is 1. The lowest BCUT2D eigenvalue weighted by Crippen LogP contribution is -2.36. The van der Waals surface area contributed by atoms with Gasteiger partial charge in [0, 0.05) is 19.0 Å². The predicted octanol–water partition coefficient (Wildman–Crippen LogP) is 1.98. The lowest BCUT2D eigenvalue weighted by atomic mass is 9.93. The topological polar surface area (TPSA) is 93.5 Å². The molecule has 2 rings (SSSR count). The molecule has 1 aromatic heterocycles. The number of carboxylic acid groups (broad SMARTS) is 1. The van der Waals surface area contributed by atoms with Gasteiger partial charge in [-0.1, -0.05) is 0 Å². The lowest BCUT2D eigenvalue weighted by Gasteiger charge is -2.25. The number of alkyl carbamates (subject to hydrolysis) is 1. The first-order valence-corrected chi connectivity index (χ1v) is 7.04. The monoisotopic (exact) mass is 295 g/mol. The minimum Gasteiger partial charge on any atom is -0.478 e. The summed E-state index contributed by atoms with van der Waals surface area (Å²) in [5.41, 5.74) is 0.348. The number of aromatic nitrogens is 2. The highest BCUT2D eigenvalue weighted by atomic mass is 16.6. The van der Waals surface area contributed by atoms with E-state index in [-0.39, 0.29) is 11.5 Å². The number of aromatic carboxylic acids is 1. The fourth-order valence-corrected chi connectivity index (χ4v) is 2.51. The summed E-state index contributed by atoms with van der Waals surface area (Å²) in [6.07, 6.45) is 2.62. The maximum absolute atomic E-state index is 11.7. The van der Waals surface area contributed by atoms with Crippen molar-refractivity contribution in [1.29, 1.82) is 0 Å². The molecular formula is C14H21N3O4. The molecule has 0 saturated heterocycles. The zero-order valence-electron chi connectivity index (χ0n) is 12.5. The molecule has 116 valence electrons. The number of aryl methyl sites for hydroxylation is 1. The third kappa shape index (κ3) is 3.74. The molecule has 0 bridgehead atoms. The summed E-state index contributed by atoms with van der Waals surface area (Å²) in [4.78, 5) is 22.9. The van der Waals surface area contributed by atoms with Crippen LogP contribution in [0.1, 0.15) is 55.6 Å². The second-order valence-electron chi connectivity index (χ2n) is 6.19. The summed E-state index contributed by atoms with van der Waals surface area (Å²) >= 11 is 0. The van der Waals surface area contributed by atoms with Gasteiger partial charge >= 0.3 is 12.1 Å². The molecule has 0 aromatic carbocycles. The van der Waals surface area contributed by atoms with Gasteiger partial charge in [0.2, 0.25) is 0 Å². The predicted molar refractivity (Wildman–Crippen MR) is 75.4 cm³/mol. The first-order valence-electron chi connectivity index (χ1n) is 7.04. The van der Waals surface area contributed by atoms with Crippen LogP contribution in [0.25, 0.3) is 0 Å². The maximum atomic E-state index is 11.7. The molecule has 7 nitrogen and oxygen atoms in total. The van der Waals surface area contributed by atoms with Gasteiger partial charge in [-0.2, -0.15) is 5.10 Å². The third-order valence-electron chi connectivity index (χ3n) is 3.31. The maximum Gasteiger partial charge on any atom is 0.407 e. The van der Waals surface area contributed by atoms with Crippen LogP contribution in [-0.4, -0.2) is 39.1 Å². The van der Waals surface area contributed by atoms with E-state index >= 15 is 0 Å².